The lowest BCUT2D eigenvalue weighted by Crippen LogP contribution is -2.40. The third-order valence-corrected chi connectivity index (χ3v) is 3.43. The van der Waals surface area contributed by atoms with E-state index in [-0.39, 0.29) is 11.7 Å². The van der Waals surface area contributed by atoms with Gasteiger partial charge in [-0.1, -0.05) is 74.5 Å². The van der Waals surface area contributed by atoms with Crippen LogP contribution in [0.2, 0.25) is 0 Å². The summed E-state index contributed by atoms with van der Waals surface area (Å²) >= 11 is 0. The van der Waals surface area contributed by atoms with Gasteiger partial charge in [0.1, 0.15) is 0 Å². The number of ketones is 1. The first-order valence-electron chi connectivity index (χ1n) is 6.44. The van der Waals surface area contributed by atoms with Crippen LogP contribution in [0, 0.1) is 5.92 Å². The van der Waals surface area contributed by atoms with Crippen LogP contribution in [0.5, 0.6) is 0 Å². The molecule has 2 heteroatoms. The van der Waals surface area contributed by atoms with Crippen LogP contribution in [0.1, 0.15) is 29.8 Å². The number of carbonyl (C=O) groups excluding carboxylic acids is 1. The predicted molar refractivity (Wildman–Crippen MR) is 75.9 cm³/mol. The number of hydrogen-bond acceptors (Lipinski definition) is 2. The summed E-state index contributed by atoms with van der Waals surface area (Å²) in [7, 11) is 0. The summed E-state index contributed by atoms with van der Waals surface area (Å²) in [5, 5.41) is 10.9. The molecule has 2 aromatic carbocycles. The Morgan fingerprint density at radius 2 is 1.42 bits per heavy atom. The van der Waals surface area contributed by atoms with Gasteiger partial charge < -0.3 is 5.11 Å². The van der Waals surface area contributed by atoms with Crippen molar-refractivity contribution in [1.82, 2.24) is 0 Å². The van der Waals surface area contributed by atoms with E-state index in [0.29, 0.717) is 11.1 Å². The Kier molecular flexibility index (Phi) is 3.82. The molecule has 0 amide bonds. The first-order valence-corrected chi connectivity index (χ1v) is 6.44. The summed E-state index contributed by atoms with van der Waals surface area (Å²) in [6, 6.07) is 18.1. The number of Topliss-reactive ketones (excluding diaryl/α,β-unsaturated/α-hetero) is 1. The van der Waals surface area contributed by atoms with Gasteiger partial charge in [-0.2, -0.15) is 0 Å². The van der Waals surface area contributed by atoms with E-state index in [1.165, 1.54) is 0 Å². The third-order valence-electron chi connectivity index (χ3n) is 3.43. The molecular formula is C17H18O2. The second-order valence-corrected chi connectivity index (χ2v) is 4.98. The van der Waals surface area contributed by atoms with Gasteiger partial charge in [0.05, 0.1) is 0 Å². The molecule has 2 rings (SSSR count). The van der Waals surface area contributed by atoms with Crippen molar-refractivity contribution in [2.24, 2.45) is 5.92 Å². The lowest BCUT2D eigenvalue weighted by molar-refractivity contribution is 0.00307. The van der Waals surface area contributed by atoms with Gasteiger partial charge in [-0.15, -0.1) is 0 Å². The normalized spacial score (nSPS) is 14.1. The van der Waals surface area contributed by atoms with Crippen molar-refractivity contribution in [2.45, 2.75) is 19.4 Å². The van der Waals surface area contributed by atoms with E-state index in [4.69, 9.17) is 0 Å². The first kappa shape index (κ1) is 13.5. The van der Waals surface area contributed by atoms with E-state index in [0.717, 1.165) is 0 Å². The average Bonchev–Trinajstić information content (AvgIpc) is 2.47. The molecule has 1 unspecified atom stereocenters. The van der Waals surface area contributed by atoms with Crippen LogP contribution < -0.4 is 0 Å². The van der Waals surface area contributed by atoms with Gasteiger partial charge in [-0.05, 0) is 11.5 Å². The van der Waals surface area contributed by atoms with Crippen LogP contribution in [0.4, 0.5) is 0 Å². The fourth-order valence-corrected chi connectivity index (χ4v) is 2.23. The molecule has 2 aromatic rings. The quantitative estimate of drug-likeness (QED) is 0.849. The second-order valence-electron chi connectivity index (χ2n) is 4.98. The maximum atomic E-state index is 12.7. The Bertz CT molecular complexity index is 546. The summed E-state index contributed by atoms with van der Waals surface area (Å²) in [6.07, 6.45) is 0. The van der Waals surface area contributed by atoms with Gasteiger partial charge in [0.25, 0.3) is 0 Å². The smallest absolute Gasteiger partial charge is 0.199 e. The second kappa shape index (κ2) is 5.37. The molecule has 0 aromatic heterocycles. The standard InChI is InChI=1S/C17H18O2/c1-13(2)17(19,15-11-7-4-8-12-15)16(18)14-9-5-3-6-10-14/h3-13,19H,1-2H3. The van der Waals surface area contributed by atoms with E-state index >= 15 is 0 Å². The Morgan fingerprint density at radius 1 is 0.947 bits per heavy atom. The molecule has 0 aliphatic heterocycles. The third kappa shape index (κ3) is 2.45. The Balaban J connectivity index is 2.50. The van der Waals surface area contributed by atoms with Gasteiger partial charge in [0.2, 0.25) is 0 Å². The SMILES string of the molecule is CC(C)C(O)(C(=O)c1ccccc1)c1ccccc1. The molecule has 0 bridgehead atoms. The van der Waals surface area contributed by atoms with E-state index in [1.807, 2.05) is 38.1 Å². The zero-order valence-corrected chi connectivity index (χ0v) is 11.2. The van der Waals surface area contributed by atoms with Crippen molar-refractivity contribution in [3.8, 4) is 0 Å². The van der Waals surface area contributed by atoms with Gasteiger partial charge in [-0.3, -0.25) is 4.79 Å². The van der Waals surface area contributed by atoms with Crippen LogP contribution in [0.25, 0.3) is 0 Å². The topological polar surface area (TPSA) is 37.3 Å². The van der Waals surface area contributed by atoms with Crippen molar-refractivity contribution >= 4 is 5.78 Å². The van der Waals surface area contributed by atoms with E-state index in [1.54, 1.807) is 36.4 Å². The van der Waals surface area contributed by atoms with E-state index < -0.39 is 5.60 Å². The largest absolute Gasteiger partial charge is 0.377 e. The highest BCUT2D eigenvalue weighted by Crippen LogP contribution is 2.33. The van der Waals surface area contributed by atoms with Crippen molar-refractivity contribution in [1.29, 1.82) is 0 Å². The van der Waals surface area contributed by atoms with Crippen LogP contribution in [0.3, 0.4) is 0 Å². The van der Waals surface area contributed by atoms with Crippen molar-refractivity contribution in [3.63, 3.8) is 0 Å². The Morgan fingerprint density at radius 3 is 1.89 bits per heavy atom. The molecule has 1 atom stereocenters. The highest BCUT2D eigenvalue weighted by Gasteiger charge is 2.41. The zero-order chi connectivity index (χ0) is 13.9. The zero-order valence-electron chi connectivity index (χ0n) is 11.2. The van der Waals surface area contributed by atoms with Crippen molar-refractivity contribution in [2.75, 3.05) is 0 Å². The molecule has 98 valence electrons. The van der Waals surface area contributed by atoms with Gasteiger partial charge in [-0.25, -0.2) is 0 Å². The molecular weight excluding hydrogens is 236 g/mol. The lowest BCUT2D eigenvalue weighted by atomic mass is 9.78. The number of rotatable bonds is 4. The van der Waals surface area contributed by atoms with Crippen LogP contribution >= 0.6 is 0 Å². The molecule has 0 fully saturated rings. The molecule has 19 heavy (non-hydrogen) atoms. The minimum absolute atomic E-state index is 0.206. The fraction of sp³-hybridized carbons (Fsp3) is 0.235. The monoisotopic (exact) mass is 254 g/mol. The first-order chi connectivity index (χ1) is 9.06. The van der Waals surface area contributed by atoms with Crippen LogP contribution in [-0.2, 0) is 5.60 Å². The number of aliphatic hydroxyl groups is 1. The fourth-order valence-electron chi connectivity index (χ4n) is 2.23. The minimum Gasteiger partial charge on any atom is -0.377 e. The molecule has 0 heterocycles. The van der Waals surface area contributed by atoms with E-state index in [9.17, 15) is 9.90 Å². The number of benzene rings is 2. The molecule has 0 saturated heterocycles. The molecule has 0 radical (unpaired) electrons. The highest BCUT2D eigenvalue weighted by atomic mass is 16.3. The molecule has 1 N–H and O–H groups in total. The molecule has 0 saturated carbocycles. The summed E-state index contributed by atoms with van der Waals surface area (Å²) in [4.78, 5) is 12.7. The molecule has 0 aliphatic rings. The Labute approximate surface area is 113 Å². The minimum atomic E-state index is -1.48. The Hall–Kier alpha value is -1.93. The molecule has 2 nitrogen and oxygen atoms in total. The van der Waals surface area contributed by atoms with Gasteiger partial charge >= 0.3 is 0 Å². The number of carbonyl (C=O) groups is 1. The average molecular weight is 254 g/mol. The number of hydrogen-bond donors (Lipinski definition) is 1. The maximum absolute atomic E-state index is 12.7. The highest BCUT2D eigenvalue weighted by molar-refractivity contribution is 6.03. The van der Waals surface area contributed by atoms with Crippen LogP contribution in [0.15, 0.2) is 60.7 Å². The van der Waals surface area contributed by atoms with Crippen molar-refractivity contribution in [3.05, 3.63) is 71.8 Å². The molecule has 0 spiro atoms. The van der Waals surface area contributed by atoms with Gasteiger partial charge in [0.15, 0.2) is 11.4 Å². The summed E-state index contributed by atoms with van der Waals surface area (Å²) in [5.41, 5.74) is -0.316. The summed E-state index contributed by atoms with van der Waals surface area (Å²) < 4.78 is 0. The van der Waals surface area contributed by atoms with Crippen LogP contribution in [-0.4, -0.2) is 10.9 Å². The van der Waals surface area contributed by atoms with E-state index in [2.05, 4.69) is 0 Å². The maximum Gasteiger partial charge on any atom is 0.199 e. The lowest BCUT2D eigenvalue weighted by Gasteiger charge is -2.31. The summed E-state index contributed by atoms with van der Waals surface area (Å²) in [6.45, 7) is 3.71. The van der Waals surface area contributed by atoms with Crippen molar-refractivity contribution < 1.29 is 9.90 Å². The summed E-state index contributed by atoms with van der Waals surface area (Å²) in [5.74, 6) is -0.461. The molecule has 0 aliphatic carbocycles. The predicted octanol–water partition coefficient (Wildman–Crippen LogP) is 3.41. The van der Waals surface area contributed by atoms with Gasteiger partial charge in [0, 0.05) is 5.56 Å².